The van der Waals surface area contributed by atoms with E-state index in [9.17, 15) is 4.79 Å². The SMILES string of the molecule is Cc1ccc(CNC(=O)N(C)Cc2cccc(C#N)c2)s1. The highest BCUT2D eigenvalue weighted by atomic mass is 32.1. The Morgan fingerprint density at radius 2 is 2.19 bits per heavy atom. The van der Waals surface area contributed by atoms with Crippen molar-refractivity contribution < 1.29 is 4.79 Å². The first kappa shape index (κ1) is 15.1. The van der Waals surface area contributed by atoms with Crippen molar-refractivity contribution in [2.45, 2.75) is 20.0 Å². The van der Waals surface area contributed by atoms with Crippen LogP contribution in [0.1, 0.15) is 20.9 Å². The molecule has 108 valence electrons. The largest absolute Gasteiger partial charge is 0.333 e. The van der Waals surface area contributed by atoms with Crippen LogP contribution >= 0.6 is 11.3 Å². The second-order valence-corrected chi connectivity index (χ2v) is 6.21. The molecule has 0 aliphatic heterocycles. The zero-order chi connectivity index (χ0) is 15.2. The maximum atomic E-state index is 12.0. The lowest BCUT2D eigenvalue weighted by Crippen LogP contribution is -2.36. The number of urea groups is 1. The minimum atomic E-state index is -0.122. The molecule has 0 bridgehead atoms. The first-order valence-electron chi connectivity index (χ1n) is 6.62. The first-order chi connectivity index (χ1) is 10.1. The summed E-state index contributed by atoms with van der Waals surface area (Å²) in [5, 5.41) is 11.8. The fraction of sp³-hybridized carbons (Fsp3) is 0.250. The standard InChI is InChI=1S/C16H17N3OS/c1-12-6-7-15(21-12)10-18-16(20)19(2)11-14-5-3-4-13(8-14)9-17/h3-8H,10-11H2,1-2H3,(H,18,20). The number of benzene rings is 1. The van der Waals surface area contributed by atoms with Gasteiger partial charge in [-0.25, -0.2) is 4.79 Å². The topological polar surface area (TPSA) is 56.1 Å². The molecule has 0 saturated heterocycles. The van der Waals surface area contributed by atoms with Gasteiger partial charge in [0, 0.05) is 23.3 Å². The van der Waals surface area contributed by atoms with Crippen molar-refractivity contribution >= 4 is 17.4 Å². The van der Waals surface area contributed by atoms with Gasteiger partial charge in [-0.2, -0.15) is 5.26 Å². The quantitative estimate of drug-likeness (QED) is 0.942. The van der Waals surface area contributed by atoms with Crippen molar-refractivity contribution in [1.29, 1.82) is 5.26 Å². The van der Waals surface area contributed by atoms with E-state index in [1.165, 1.54) is 4.88 Å². The molecule has 0 aliphatic carbocycles. The predicted octanol–water partition coefficient (Wildman–Crippen LogP) is 3.27. The van der Waals surface area contributed by atoms with Gasteiger partial charge in [0.1, 0.15) is 0 Å². The van der Waals surface area contributed by atoms with E-state index in [1.807, 2.05) is 31.2 Å². The van der Waals surface area contributed by atoms with E-state index in [0.717, 1.165) is 10.4 Å². The van der Waals surface area contributed by atoms with Crippen molar-refractivity contribution in [3.8, 4) is 6.07 Å². The minimum Gasteiger partial charge on any atom is -0.333 e. The Hall–Kier alpha value is -2.32. The number of hydrogen-bond donors (Lipinski definition) is 1. The van der Waals surface area contributed by atoms with Crippen LogP contribution < -0.4 is 5.32 Å². The minimum absolute atomic E-state index is 0.122. The molecule has 0 spiro atoms. The molecule has 2 amide bonds. The molecule has 4 nitrogen and oxygen atoms in total. The predicted molar refractivity (Wildman–Crippen MR) is 83.9 cm³/mol. The monoisotopic (exact) mass is 299 g/mol. The van der Waals surface area contributed by atoms with Crippen LogP contribution in [0.15, 0.2) is 36.4 Å². The van der Waals surface area contributed by atoms with Gasteiger partial charge in [-0.05, 0) is 36.8 Å². The molecular formula is C16H17N3OS. The van der Waals surface area contributed by atoms with Crippen LogP contribution in [0.5, 0.6) is 0 Å². The van der Waals surface area contributed by atoms with E-state index >= 15 is 0 Å². The third-order valence-corrected chi connectivity index (χ3v) is 4.03. The Balaban J connectivity index is 1.88. The average molecular weight is 299 g/mol. The molecule has 21 heavy (non-hydrogen) atoms. The molecule has 5 heteroatoms. The van der Waals surface area contributed by atoms with Crippen molar-refractivity contribution in [2.75, 3.05) is 7.05 Å². The van der Waals surface area contributed by atoms with Crippen molar-refractivity contribution in [2.24, 2.45) is 0 Å². The Kier molecular flexibility index (Phi) is 4.96. The number of hydrogen-bond acceptors (Lipinski definition) is 3. The molecule has 0 saturated carbocycles. The lowest BCUT2D eigenvalue weighted by Gasteiger charge is -2.18. The summed E-state index contributed by atoms with van der Waals surface area (Å²) < 4.78 is 0. The molecule has 2 rings (SSSR count). The van der Waals surface area contributed by atoms with Gasteiger partial charge in [-0.1, -0.05) is 12.1 Å². The number of nitrogens with zero attached hydrogens (tertiary/aromatic N) is 2. The molecule has 0 atom stereocenters. The molecule has 0 unspecified atom stereocenters. The number of nitriles is 1. The van der Waals surface area contributed by atoms with Gasteiger partial charge >= 0.3 is 6.03 Å². The molecule has 0 aliphatic rings. The molecule has 1 N–H and O–H groups in total. The number of rotatable bonds is 4. The zero-order valence-electron chi connectivity index (χ0n) is 12.1. The summed E-state index contributed by atoms with van der Waals surface area (Å²) in [5.74, 6) is 0. The molecule has 1 heterocycles. The zero-order valence-corrected chi connectivity index (χ0v) is 12.9. The van der Waals surface area contributed by atoms with E-state index in [4.69, 9.17) is 5.26 Å². The highest BCUT2D eigenvalue weighted by Gasteiger charge is 2.09. The summed E-state index contributed by atoms with van der Waals surface area (Å²) >= 11 is 1.68. The summed E-state index contributed by atoms with van der Waals surface area (Å²) in [6.45, 7) is 3.06. The number of aryl methyl sites for hydroxylation is 1. The summed E-state index contributed by atoms with van der Waals surface area (Å²) in [5.41, 5.74) is 1.55. The van der Waals surface area contributed by atoms with Gasteiger partial charge in [0.15, 0.2) is 0 Å². The number of carbonyl (C=O) groups excluding carboxylic acids is 1. The highest BCUT2D eigenvalue weighted by molar-refractivity contribution is 7.11. The first-order valence-corrected chi connectivity index (χ1v) is 7.43. The van der Waals surface area contributed by atoms with E-state index in [2.05, 4.69) is 11.4 Å². The number of carbonyl (C=O) groups is 1. The van der Waals surface area contributed by atoms with Crippen molar-refractivity contribution in [3.05, 3.63) is 57.3 Å². The second-order valence-electron chi connectivity index (χ2n) is 4.84. The highest BCUT2D eigenvalue weighted by Crippen LogP contribution is 2.14. The van der Waals surface area contributed by atoms with Crippen LogP contribution in [-0.4, -0.2) is 18.0 Å². The van der Waals surface area contributed by atoms with E-state index in [-0.39, 0.29) is 6.03 Å². The van der Waals surface area contributed by atoms with Gasteiger partial charge in [-0.3, -0.25) is 0 Å². The summed E-state index contributed by atoms with van der Waals surface area (Å²) in [6, 6.07) is 13.3. The van der Waals surface area contributed by atoms with Gasteiger partial charge < -0.3 is 10.2 Å². The van der Waals surface area contributed by atoms with Gasteiger partial charge in [-0.15, -0.1) is 11.3 Å². The van der Waals surface area contributed by atoms with Crippen molar-refractivity contribution in [3.63, 3.8) is 0 Å². The van der Waals surface area contributed by atoms with E-state index < -0.39 is 0 Å². The molecule has 1 aromatic carbocycles. The van der Waals surface area contributed by atoms with Gasteiger partial charge in [0.05, 0.1) is 18.2 Å². The third kappa shape index (κ3) is 4.33. The Labute approximate surface area is 128 Å². The normalized spacial score (nSPS) is 9.95. The van der Waals surface area contributed by atoms with E-state index in [0.29, 0.717) is 18.7 Å². The lowest BCUT2D eigenvalue weighted by molar-refractivity contribution is 0.206. The third-order valence-electron chi connectivity index (χ3n) is 3.03. The molecular weight excluding hydrogens is 282 g/mol. The molecule has 0 radical (unpaired) electrons. The average Bonchev–Trinajstić information content (AvgIpc) is 2.90. The number of thiophene rings is 1. The second kappa shape index (κ2) is 6.91. The number of amides is 2. The fourth-order valence-electron chi connectivity index (χ4n) is 1.96. The maximum absolute atomic E-state index is 12.0. The van der Waals surface area contributed by atoms with Gasteiger partial charge in [0.2, 0.25) is 0 Å². The summed E-state index contributed by atoms with van der Waals surface area (Å²) in [6.07, 6.45) is 0. The molecule has 1 aromatic heterocycles. The van der Waals surface area contributed by atoms with Gasteiger partial charge in [0.25, 0.3) is 0 Å². The summed E-state index contributed by atoms with van der Waals surface area (Å²) in [4.78, 5) is 16.0. The Morgan fingerprint density at radius 1 is 1.38 bits per heavy atom. The van der Waals surface area contributed by atoms with Crippen molar-refractivity contribution in [1.82, 2.24) is 10.2 Å². The molecule has 2 aromatic rings. The van der Waals surface area contributed by atoms with E-state index in [1.54, 1.807) is 35.4 Å². The Morgan fingerprint density at radius 3 is 2.86 bits per heavy atom. The Bertz CT molecular complexity index is 672. The van der Waals surface area contributed by atoms with Crippen LogP contribution in [0.25, 0.3) is 0 Å². The van der Waals surface area contributed by atoms with Crippen LogP contribution in [0.4, 0.5) is 4.79 Å². The fourth-order valence-corrected chi connectivity index (χ4v) is 2.79. The van der Waals surface area contributed by atoms with Crippen LogP contribution in [-0.2, 0) is 13.1 Å². The molecule has 0 fully saturated rings. The smallest absolute Gasteiger partial charge is 0.317 e. The van der Waals surface area contributed by atoms with Crippen LogP contribution in [0, 0.1) is 18.3 Å². The summed E-state index contributed by atoms with van der Waals surface area (Å²) in [7, 11) is 1.74. The van der Waals surface area contributed by atoms with Crippen LogP contribution in [0.3, 0.4) is 0 Å². The lowest BCUT2D eigenvalue weighted by atomic mass is 10.1. The van der Waals surface area contributed by atoms with Crippen LogP contribution in [0.2, 0.25) is 0 Å². The number of nitrogens with one attached hydrogen (secondary N) is 1. The maximum Gasteiger partial charge on any atom is 0.317 e.